The predicted octanol–water partition coefficient (Wildman–Crippen LogP) is 4.52. The lowest BCUT2D eigenvalue weighted by Crippen LogP contribution is -2.46. The van der Waals surface area contributed by atoms with E-state index in [4.69, 9.17) is 5.10 Å². The second-order valence-corrected chi connectivity index (χ2v) is 11.0. The molecule has 0 N–H and O–H groups in total. The molecule has 6 rings (SSSR count). The Labute approximate surface area is 226 Å². The van der Waals surface area contributed by atoms with Gasteiger partial charge in [-0.3, -0.25) is 9.69 Å². The van der Waals surface area contributed by atoms with Crippen molar-refractivity contribution >= 4 is 40.2 Å². The van der Waals surface area contributed by atoms with Crippen LogP contribution >= 0.6 is 11.8 Å². The van der Waals surface area contributed by atoms with Gasteiger partial charge in [0, 0.05) is 44.8 Å². The molecule has 0 radical (unpaired) electrons. The Bertz CT molecular complexity index is 1400. The number of imidazole rings is 1. The summed E-state index contributed by atoms with van der Waals surface area (Å²) < 4.78 is 17.0. The van der Waals surface area contributed by atoms with Crippen LogP contribution in [0.5, 0.6) is 0 Å². The number of likely N-dealkylation sites (tertiary alicyclic amines) is 1. The van der Waals surface area contributed by atoms with Crippen molar-refractivity contribution in [3.63, 3.8) is 0 Å². The summed E-state index contributed by atoms with van der Waals surface area (Å²) in [7, 11) is 0. The van der Waals surface area contributed by atoms with Crippen LogP contribution in [0.4, 0.5) is 10.1 Å². The van der Waals surface area contributed by atoms with Crippen LogP contribution < -0.4 is 4.90 Å². The standard InChI is InChI=1S/C28H32FN7OS/c1-2-10-33-13-15-34(16-14-33)23-8-6-20(17-22(23)29)24-19-30-26-9-7-21(32-36(24)26)18-25-27(37)31-28(38-25)35-11-4-3-5-12-35/h6-9,17-19H,2-5,10-16H2,1H3. The van der Waals surface area contributed by atoms with Crippen LogP contribution in [0.2, 0.25) is 0 Å². The van der Waals surface area contributed by atoms with Crippen molar-refractivity contribution in [3.8, 4) is 11.3 Å². The lowest BCUT2D eigenvalue weighted by Gasteiger charge is -2.36. The Morgan fingerprint density at radius 1 is 1.00 bits per heavy atom. The summed E-state index contributed by atoms with van der Waals surface area (Å²) in [6, 6.07) is 9.06. The number of aromatic nitrogens is 3. The average Bonchev–Trinajstić information content (AvgIpc) is 3.53. The van der Waals surface area contributed by atoms with Crippen molar-refractivity contribution in [1.29, 1.82) is 0 Å². The molecular weight excluding hydrogens is 501 g/mol. The highest BCUT2D eigenvalue weighted by atomic mass is 32.2. The molecule has 0 bridgehead atoms. The maximum atomic E-state index is 15.3. The smallest absolute Gasteiger partial charge is 0.286 e. The quantitative estimate of drug-likeness (QED) is 0.447. The summed E-state index contributed by atoms with van der Waals surface area (Å²) in [4.78, 5) is 28.6. The maximum absolute atomic E-state index is 15.3. The fourth-order valence-corrected chi connectivity index (χ4v) is 6.31. The van der Waals surface area contributed by atoms with Gasteiger partial charge in [-0.2, -0.15) is 10.1 Å². The van der Waals surface area contributed by atoms with E-state index < -0.39 is 0 Å². The van der Waals surface area contributed by atoms with Gasteiger partial charge >= 0.3 is 0 Å². The van der Waals surface area contributed by atoms with Gasteiger partial charge in [0.1, 0.15) is 5.82 Å². The highest BCUT2D eigenvalue weighted by Crippen LogP contribution is 2.32. The van der Waals surface area contributed by atoms with Crippen LogP contribution in [0, 0.1) is 5.82 Å². The third-order valence-electron chi connectivity index (χ3n) is 7.39. The van der Waals surface area contributed by atoms with Crippen molar-refractivity contribution < 1.29 is 9.18 Å². The molecule has 3 aliphatic heterocycles. The first-order valence-electron chi connectivity index (χ1n) is 13.5. The number of carbonyl (C=O) groups is 1. The van der Waals surface area contributed by atoms with Crippen LogP contribution in [0.25, 0.3) is 23.0 Å². The minimum absolute atomic E-state index is 0.225. The van der Waals surface area contributed by atoms with E-state index in [0.29, 0.717) is 33.2 Å². The highest BCUT2D eigenvalue weighted by molar-refractivity contribution is 8.18. The first-order chi connectivity index (χ1) is 18.6. The number of piperazine rings is 1. The Hall–Kier alpha value is -3.24. The van der Waals surface area contributed by atoms with Gasteiger partial charge in [0.05, 0.1) is 28.2 Å². The number of piperidine rings is 1. The van der Waals surface area contributed by atoms with E-state index >= 15 is 4.39 Å². The van der Waals surface area contributed by atoms with Crippen LogP contribution in [0.15, 0.2) is 46.4 Å². The molecule has 38 heavy (non-hydrogen) atoms. The first-order valence-corrected chi connectivity index (χ1v) is 14.3. The van der Waals surface area contributed by atoms with E-state index in [1.165, 1.54) is 18.2 Å². The van der Waals surface area contributed by atoms with Crippen molar-refractivity contribution in [3.05, 3.63) is 52.9 Å². The number of hydrogen-bond donors (Lipinski definition) is 0. The number of nitrogens with zero attached hydrogens (tertiary/aromatic N) is 7. The van der Waals surface area contributed by atoms with Gasteiger partial charge in [-0.25, -0.2) is 13.9 Å². The average molecular weight is 534 g/mol. The van der Waals surface area contributed by atoms with E-state index in [2.05, 4.69) is 31.6 Å². The molecule has 1 amide bonds. The fourth-order valence-electron chi connectivity index (χ4n) is 5.37. The van der Waals surface area contributed by atoms with Crippen molar-refractivity contribution in [2.24, 2.45) is 4.99 Å². The third-order valence-corrected chi connectivity index (χ3v) is 8.44. The number of hydrogen-bond acceptors (Lipinski definition) is 7. The molecule has 8 nitrogen and oxygen atoms in total. The zero-order chi connectivity index (χ0) is 26.1. The van der Waals surface area contributed by atoms with Gasteiger partial charge in [0.15, 0.2) is 10.8 Å². The molecule has 5 heterocycles. The third kappa shape index (κ3) is 5.07. The Balaban J connectivity index is 1.22. The number of aliphatic imine (C=N–C) groups is 1. The fraction of sp³-hybridized carbons (Fsp3) is 0.429. The molecule has 0 spiro atoms. The minimum Gasteiger partial charge on any atom is -0.367 e. The first kappa shape index (κ1) is 25.1. The van der Waals surface area contributed by atoms with E-state index in [1.807, 2.05) is 24.3 Å². The summed E-state index contributed by atoms with van der Waals surface area (Å²) in [6.45, 7) is 8.73. The SMILES string of the molecule is CCCN1CCN(c2ccc(-c3cnc4ccc(C=C5SC(N6CCCCC6)=NC5=O)nn34)cc2F)CC1. The van der Waals surface area contributed by atoms with E-state index in [1.54, 1.807) is 22.9 Å². The molecule has 0 unspecified atom stereocenters. The van der Waals surface area contributed by atoms with Crippen molar-refractivity contribution in [1.82, 2.24) is 24.4 Å². The summed E-state index contributed by atoms with van der Waals surface area (Å²) in [5.74, 6) is -0.466. The molecule has 0 atom stereocenters. The summed E-state index contributed by atoms with van der Waals surface area (Å²) in [5, 5.41) is 5.51. The number of fused-ring (bicyclic) bond motifs is 1. The summed E-state index contributed by atoms with van der Waals surface area (Å²) >= 11 is 1.41. The number of amidine groups is 1. The number of carbonyl (C=O) groups excluding carboxylic acids is 1. The van der Waals surface area contributed by atoms with E-state index in [-0.39, 0.29) is 11.7 Å². The number of halogens is 1. The molecule has 0 aliphatic carbocycles. The van der Waals surface area contributed by atoms with Crippen LogP contribution in [-0.2, 0) is 4.79 Å². The zero-order valence-electron chi connectivity index (χ0n) is 21.6. The molecule has 1 aromatic carbocycles. The Morgan fingerprint density at radius 2 is 1.82 bits per heavy atom. The van der Waals surface area contributed by atoms with E-state index in [0.717, 1.165) is 70.2 Å². The molecule has 2 fully saturated rings. The second-order valence-electron chi connectivity index (χ2n) is 10.0. The highest BCUT2D eigenvalue weighted by Gasteiger charge is 2.27. The number of rotatable bonds is 5. The Kier molecular flexibility index (Phi) is 7.16. The lowest BCUT2D eigenvalue weighted by molar-refractivity contribution is -0.113. The monoisotopic (exact) mass is 533 g/mol. The van der Waals surface area contributed by atoms with Gasteiger partial charge in [-0.15, -0.1) is 0 Å². The summed E-state index contributed by atoms with van der Waals surface area (Å²) in [5.41, 5.74) is 3.34. The van der Waals surface area contributed by atoms with Gasteiger partial charge in [-0.05, 0) is 74.3 Å². The van der Waals surface area contributed by atoms with Crippen LogP contribution in [0.1, 0.15) is 38.3 Å². The minimum atomic E-state index is -0.241. The van der Waals surface area contributed by atoms with Crippen LogP contribution in [-0.4, -0.2) is 81.3 Å². The van der Waals surface area contributed by atoms with Gasteiger partial charge in [0.2, 0.25) is 0 Å². The molecule has 3 aliphatic rings. The van der Waals surface area contributed by atoms with Gasteiger partial charge in [0.25, 0.3) is 5.91 Å². The molecule has 198 valence electrons. The molecule has 3 aromatic rings. The zero-order valence-corrected chi connectivity index (χ0v) is 22.5. The molecule has 10 heteroatoms. The normalized spacial score (nSPS) is 20.1. The lowest BCUT2D eigenvalue weighted by atomic mass is 10.1. The van der Waals surface area contributed by atoms with Gasteiger partial charge in [-0.1, -0.05) is 13.0 Å². The van der Waals surface area contributed by atoms with E-state index in [9.17, 15) is 4.79 Å². The maximum Gasteiger partial charge on any atom is 0.286 e. The number of amides is 1. The Morgan fingerprint density at radius 3 is 2.58 bits per heavy atom. The molecule has 2 aromatic heterocycles. The van der Waals surface area contributed by atoms with Crippen molar-refractivity contribution in [2.45, 2.75) is 32.6 Å². The largest absolute Gasteiger partial charge is 0.367 e. The number of benzene rings is 1. The van der Waals surface area contributed by atoms with Crippen LogP contribution in [0.3, 0.4) is 0 Å². The number of anilines is 1. The van der Waals surface area contributed by atoms with Gasteiger partial charge < -0.3 is 9.80 Å². The molecule has 0 saturated carbocycles. The van der Waals surface area contributed by atoms with Crippen molar-refractivity contribution in [2.75, 3.05) is 50.7 Å². The number of thioether (sulfide) groups is 1. The second kappa shape index (κ2) is 10.9. The topological polar surface area (TPSA) is 69.3 Å². The predicted molar refractivity (Wildman–Crippen MR) is 151 cm³/mol. The molecule has 2 saturated heterocycles. The molecular formula is C28H32FN7OS. The summed E-state index contributed by atoms with van der Waals surface area (Å²) in [6.07, 6.45) is 8.11.